The van der Waals surface area contributed by atoms with E-state index in [2.05, 4.69) is 10.2 Å². The first-order valence-corrected chi connectivity index (χ1v) is 3.53. The van der Waals surface area contributed by atoms with Gasteiger partial charge in [0.25, 0.3) is 6.08 Å². The maximum Gasteiger partial charge on any atom is 0.407 e. The molecule has 0 fully saturated rings. The van der Waals surface area contributed by atoms with E-state index in [-0.39, 0.29) is 0 Å². The molecule has 0 saturated carbocycles. The SMILES string of the molecule is O=C=NN1N=CC(C(F)(F)F)S1. The van der Waals surface area contributed by atoms with Crippen LogP contribution in [0.3, 0.4) is 0 Å². The van der Waals surface area contributed by atoms with Crippen LogP contribution in [0, 0.1) is 0 Å². The lowest BCUT2D eigenvalue weighted by atomic mass is 10.4. The molecular formula is C4H2F3N3OS. The minimum atomic E-state index is -4.36. The van der Waals surface area contributed by atoms with Gasteiger partial charge in [-0.1, -0.05) is 5.10 Å². The topological polar surface area (TPSA) is 45.0 Å². The molecule has 0 N–H and O–H groups in total. The van der Waals surface area contributed by atoms with Crippen LogP contribution in [0.4, 0.5) is 13.2 Å². The van der Waals surface area contributed by atoms with Crippen LogP contribution in [0.1, 0.15) is 0 Å². The smallest absolute Gasteiger partial charge is 0.209 e. The van der Waals surface area contributed by atoms with E-state index in [0.29, 0.717) is 22.7 Å². The molecule has 0 aromatic carbocycles. The Hall–Kier alpha value is -1.01. The van der Waals surface area contributed by atoms with Crippen LogP contribution in [0.15, 0.2) is 10.2 Å². The van der Waals surface area contributed by atoms with Crippen LogP contribution in [-0.2, 0) is 4.79 Å². The Morgan fingerprint density at radius 1 is 1.67 bits per heavy atom. The van der Waals surface area contributed by atoms with Crippen LogP contribution in [0.2, 0.25) is 0 Å². The van der Waals surface area contributed by atoms with Gasteiger partial charge in [0.05, 0.1) is 6.21 Å². The maximum atomic E-state index is 11.9. The summed E-state index contributed by atoms with van der Waals surface area (Å²) >= 11 is 0.299. The Bertz CT molecular complexity index is 246. The maximum absolute atomic E-state index is 11.9. The van der Waals surface area contributed by atoms with E-state index in [1.807, 2.05) is 0 Å². The molecule has 0 bridgehead atoms. The summed E-state index contributed by atoms with van der Waals surface area (Å²) < 4.78 is 36.3. The molecule has 0 amide bonds. The molecule has 0 spiro atoms. The van der Waals surface area contributed by atoms with Crippen molar-refractivity contribution in [1.29, 1.82) is 0 Å². The number of alkyl halides is 3. The zero-order chi connectivity index (χ0) is 9.19. The van der Waals surface area contributed by atoms with Gasteiger partial charge in [0.1, 0.15) is 0 Å². The molecule has 0 aromatic heterocycles. The van der Waals surface area contributed by atoms with Gasteiger partial charge in [0, 0.05) is 11.9 Å². The van der Waals surface area contributed by atoms with Crippen molar-refractivity contribution in [3.63, 3.8) is 0 Å². The Balaban J connectivity index is 2.59. The van der Waals surface area contributed by atoms with Gasteiger partial charge < -0.3 is 0 Å². The standard InChI is InChI=1S/C4H2F3N3OS/c5-4(6,7)3-1-8-10(12-3)9-2-11/h1,3H. The molecule has 4 nitrogen and oxygen atoms in total. The summed E-state index contributed by atoms with van der Waals surface area (Å²) in [6.07, 6.45) is -2.61. The van der Waals surface area contributed by atoms with Crippen molar-refractivity contribution < 1.29 is 18.0 Å². The summed E-state index contributed by atoms with van der Waals surface area (Å²) in [7, 11) is 0. The lowest BCUT2D eigenvalue weighted by molar-refractivity contribution is -0.115. The Labute approximate surface area is 69.2 Å². The lowest BCUT2D eigenvalue weighted by Crippen LogP contribution is -2.25. The molecule has 1 rings (SSSR count). The summed E-state index contributed by atoms with van der Waals surface area (Å²) in [5.74, 6) is 0. The zero-order valence-corrected chi connectivity index (χ0v) is 6.26. The second kappa shape index (κ2) is 3.16. The fraction of sp³-hybridized carbons (Fsp3) is 0.500. The number of hydrogen-bond acceptors (Lipinski definition) is 5. The fourth-order valence-electron chi connectivity index (χ4n) is 0.502. The molecule has 0 saturated heterocycles. The molecule has 12 heavy (non-hydrogen) atoms. The molecule has 1 heterocycles. The van der Waals surface area contributed by atoms with Gasteiger partial charge in [0.2, 0.25) is 0 Å². The number of halogens is 3. The molecule has 0 aliphatic carbocycles. The van der Waals surface area contributed by atoms with Crippen molar-refractivity contribution in [2.45, 2.75) is 11.4 Å². The summed E-state index contributed by atoms with van der Waals surface area (Å²) in [6.45, 7) is 0. The molecule has 8 heteroatoms. The number of rotatable bonds is 1. The zero-order valence-electron chi connectivity index (χ0n) is 5.45. The van der Waals surface area contributed by atoms with Gasteiger partial charge in [-0.15, -0.1) is 4.52 Å². The van der Waals surface area contributed by atoms with E-state index in [9.17, 15) is 18.0 Å². The second-order valence-electron chi connectivity index (χ2n) is 1.78. The molecular weight excluding hydrogens is 195 g/mol. The van der Waals surface area contributed by atoms with Gasteiger partial charge in [-0.05, 0) is 0 Å². The third kappa shape index (κ3) is 1.99. The van der Waals surface area contributed by atoms with Crippen molar-refractivity contribution in [2.75, 3.05) is 0 Å². The number of hydrogen-bond donors (Lipinski definition) is 0. The van der Waals surface area contributed by atoms with E-state index in [1.165, 1.54) is 0 Å². The molecule has 66 valence electrons. The largest absolute Gasteiger partial charge is 0.407 e. The molecule has 1 unspecified atom stereocenters. The van der Waals surface area contributed by atoms with Gasteiger partial charge in [-0.3, -0.25) is 0 Å². The van der Waals surface area contributed by atoms with Gasteiger partial charge in [-0.2, -0.15) is 18.3 Å². The molecule has 0 aromatic rings. The van der Waals surface area contributed by atoms with Crippen molar-refractivity contribution in [3.05, 3.63) is 0 Å². The first-order chi connectivity index (χ1) is 5.54. The minimum Gasteiger partial charge on any atom is -0.209 e. The first kappa shape index (κ1) is 9.08. The number of hydrazone groups is 2. The summed E-state index contributed by atoms with van der Waals surface area (Å²) in [4.78, 5) is 9.62. The fourth-order valence-corrected chi connectivity index (χ4v) is 1.12. The van der Waals surface area contributed by atoms with Gasteiger partial charge in [0.15, 0.2) is 5.25 Å². The van der Waals surface area contributed by atoms with E-state index in [1.54, 1.807) is 0 Å². The Morgan fingerprint density at radius 3 is 2.75 bits per heavy atom. The predicted molar refractivity (Wildman–Crippen MR) is 35.9 cm³/mol. The summed E-state index contributed by atoms with van der Waals surface area (Å²) in [5.41, 5.74) is 0. The highest BCUT2D eigenvalue weighted by Gasteiger charge is 2.43. The van der Waals surface area contributed by atoms with Crippen molar-refractivity contribution in [3.8, 4) is 0 Å². The second-order valence-corrected chi connectivity index (χ2v) is 2.82. The average molecular weight is 197 g/mol. The van der Waals surface area contributed by atoms with Crippen LogP contribution in [0.25, 0.3) is 0 Å². The Morgan fingerprint density at radius 2 is 2.33 bits per heavy atom. The minimum absolute atomic E-state index is 0.299. The summed E-state index contributed by atoms with van der Waals surface area (Å²) in [5, 5.41) is 4.35. The third-order valence-corrected chi connectivity index (χ3v) is 1.94. The van der Waals surface area contributed by atoms with Crippen molar-refractivity contribution >= 4 is 24.2 Å². The summed E-state index contributed by atoms with van der Waals surface area (Å²) in [6, 6.07) is 0. The van der Waals surface area contributed by atoms with E-state index in [0.717, 1.165) is 6.08 Å². The van der Waals surface area contributed by atoms with Crippen LogP contribution in [0.5, 0.6) is 0 Å². The monoisotopic (exact) mass is 197 g/mol. The number of isocyanates is 1. The molecule has 1 aliphatic rings. The van der Waals surface area contributed by atoms with Crippen molar-refractivity contribution in [1.82, 2.24) is 4.52 Å². The van der Waals surface area contributed by atoms with E-state index < -0.39 is 11.4 Å². The quantitative estimate of drug-likeness (QED) is 0.359. The van der Waals surface area contributed by atoms with Gasteiger partial charge >= 0.3 is 6.18 Å². The van der Waals surface area contributed by atoms with Crippen LogP contribution < -0.4 is 0 Å². The highest BCUT2D eigenvalue weighted by atomic mass is 32.2. The highest BCUT2D eigenvalue weighted by molar-refractivity contribution is 7.98. The molecule has 0 radical (unpaired) electrons. The first-order valence-electron chi connectivity index (χ1n) is 2.69. The molecule has 1 aliphatic heterocycles. The average Bonchev–Trinajstić information content (AvgIpc) is 2.35. The highest BCUT2D eigenvalue weighted by Crippen LogP contribution is 2.34. The molecule has 1 atom stereocenters. The van der Waals surface area contributed by atoms with E-state index >= 15 is 0 Å². The third-order valence-electron chi connectivity index (χ3n) is 0.958. The normalized spacial score (nSPS) is 22.6. The van der Waals surface area contributed by atoms with Crippen LogP contribution in [-0.4, -0.2) is 28.2 Å². The lowest BCUT2D eigenvalue weighted by Gasteiger charge is -2.10. The predicted octanol–water partition coefficient (Wildman–Crippen LogP) is 1.12. The van der Waals surface area contributed by atoms with E-state index in [4.69, 9.17) is 0 Å². The number of nitrogens with zero attached hydrogens (tertiary/aromatic N) is 3. The Kier molecular flexibility index (Phi) is 2.39. The van der Waals surface area contributed by atoms with Crippen molar-refractivity contribution in [2.24, 2.45) is 10.2 Å². The van der Waals surface area contributed by atoms with Crippen LogP contribution >= 0.6 is 11.9 Å². The van der Waals surface area contributed by atoms with Gasteiger partial charge in [-0.25, -0.2) is 4.79 Å². The number of carbonyl (C=O) groups excluding carboxylic acids is 1.